The van der Waals surface area contributed by atoms with Gasteiger partial charge in [0.05, 0.1) is 10.6 Å². The fourth-order valence-electron chi connectivity index (χ4n) is 2.22. The fraction of sp³-hybridized carbons (Fsp3) is 0.222. The lowest BCUT2D eigenvalue weighted by Gasteiger charge is -2.14. The summed E-state index contributed by atoms with van der Waals surface area (Å²) in [6.45, 7) is -1.57. The molecule has 7 nitrogen and oxygen atoms in total. The Morgan fingerprint density at radius 1 is 1.23 bits per heavy atom. The number of ether oxygens (including phenoxy) is 1. The molecule has 0 unspecified atom stereocenters. The van der Waals surface area contributed by atoms with Gasteiger partial charge in [0.15, 0.2) is 6.61 Å². The summed E-state index contributed by atoms with van der Waals surface area (Å²) in [6, 6.07) is 8.84. The molecule has 0 aliphatic rings. The van der Waals surface area contributed by atoms with Crippen molar-refractivity contribution in [1.29, 1.82) is 5.26 Å². The molecule has 2 aromatic rings. The van der Waals surface area contributed by atoms with Crippen LogP contribution in [-0.2, 0) is 10.0 Å². The van der Waals surface area contributed by atoms with Crippen molar-refractivity contribution in [2.75, 3.05) is 26.0 Å². The molecule has 2 rings (SSSR count). The normalized spacial score (nSPS) is 11.8. The third-order valence-electron chi connectivity index (χ3n) is 3.70. The molecule has 0 saturated heterocycles. The van der Waals surface area contributed by atoms with Crippen molar-refractivity contribution in [1.82, 2.24) is 4.31 Å². The van der Waals surface area contributed by atoms with Gasteiger partial charge in [0.2, 0.25) is 10.0 Å². The molecule has 0 atom stereocenters. The maximum absolute atomic E-state index is 12.5. The van der Waals surface area contributed by atoms with Gasteiger partial charge in [-0.25, -0.2) is 12.7 Å². The number of rotatable bonds is 6. The number of sulfonamides is 1. The van der Waals surface area contributed by atoms with Gasteiger partial charge >= 0.3 is 6.18 Å². The number of carbonyl (C=O) groups excluding carboxylic acids is 1. The van der Waals surface area contributed by atoms with Crippen LogP contribution in [0.5, 0.6) is 5.75 Å². The Bertz CT molecular complexity index is 1110. The lowest BCUT2D eigenvalue weighted by atomic mass is 10.1. The summed E-state index contributed by atoms with van der Waals surface area (Å²) >= 11 is 5.94. The van der Waals surface area contributed by atoms with E-state index in [-0.39, 0.29) is 32.5 Å². The van der Waals surface area contributed by atoms with E-state index < -0.39 is 28.7 Å². The second-order valence-corrected chi connectivity index (χ2v) is 8.64. The Morgan fingerprint density at radius 3 is 2.47 bits per heavy atom. The van der Waals surface area contributed by atoms with E-state index in [1.807, 2.05) is 0 Å². The zero-order valence-electron chi connectivity index (χ0n) is 15.6. The summed E-state index contributed by atoms with van der Waals surface area (Å²) in [5, 5.41) is 11.5. The number of hydrogen-bond donors (Lipinski definition) is 1. The minimum absolute atomic E-state index is 0.0317. The highest BCUT2D eigenvalue weighted by molar-refractivity contribution is 7.89. The lowest BCUT2D eigenvalue weighted by molar-refractivity contribution is -0.153. The first-order chi connectivity index (χ1) is 13.8. The Balaban J connectivity index is 2.27. The standard InChI is InChI=1S/C18H15ClF3N3O4S/c1-25(2)30(27,28)16-8-11(3-5-14(16)19)17(26)24-13-4-6-15(12(7-13)9-23)29-10-18(20,21)22/h3-8H,10H2,1-2H3,(H,24,26). The average Bonchev–Trinajstić information content (AvgIpc) is 2.66. The topological polar surface area (TPSA) is 99.5 Å². The molecule has 1 amide bonds. The molecule has 0 aliphatic heterocycles. The quantitative estimate of drug-likeness (QED) is 0.707. The van der Waals surface area contributed by atoms with E-state index in [0.717, 1.165) is 22.5 Å². The lowest BCUT2D eigenvalue weighted by Crippen LogP contribution is -2.23. The molecule has 0 aliphatic carbocycles. The minimum atomic E-state index is -4.57. The predicted octanol–water partition coefficient (Wildman–Crippen LogP) is 3.66. The number of benzene rings is 2. The van der Waals surface area contributed by atoms with Crippen LogP contribution in [0.1, 0.15) is 15.9 Å². The third kappa shape index (κ3) is 5.63. The van der Waals surface area contributed by atoms with Crippen LogP contribution >= 0.6 is 11.6 Å². The number of nitrogens with zero attached hydrogens (tertiary/aromatic N) is 2. The molecule has 0 saturated carbocycles. The molecule has 30 heavy (non-hydrogen) atoms. The van der Waals surface area contributed by atoms with Gasteiger partial charge in [-0.15, -0.1) is 0 Å². The first-order valence-corrected chi connectivity index (χ1v) is 9.94. The van der Waals surface area contributed by atoms with E-state index >= 15 is 0 Å². The second-order valence-electron chi connectivity index (χ2n) is 6.11. The number of nitriles is 1. The monoisotopic (exact) mass is 461 g/mol. The SMILES string of the molecule is CN(C)S(=O)(=O)c1cc(C(=O)Nc2ccc(OCC(F)(F)F)c(C#N)c2)ccc1Cl. The van der Waals surface area contributed by atoms with Crippen LogP contribution in [0.3, 0.4) is 0 Å². The molecule has 160 valence electrons. The van der Waals surface area contributed by atoms with Gasteiger partial charge < -0.3 is 10.1 Å². The molecule has 1 N–H and O–H groups in total. The molecule has 2 aromatic carbocycles. The highest BCUT2D eigenvalue weighted by Gasteiger charge is 2.29. The fourth-order valence-corrected chi connectivity index (χ4v) is 3.62. The van der Waals surface area contributed by atoms with E-state index in [2.05, 4.69) is 10.1 Å². The van der Waals surface area contributed by atoms with Crippen LogP contribution in [0, 0.1) is 11.3 Å². The van der Waals surface area contributed by atoms with Crippen molar-refractivity contribution in [3.05, 3.63) is 52.5 Å². The molecule has 12 heteroatoms. The summed E-state index contributed by atoms with van der Waals surface area (Å²) in [5.41, 5.74) is -0.150. The smallest absolute Gasteiger partial charge is 0.422 e. The van der Waals surface area contributed by atoms with Crippen molar-refractivity contribution in [2.24, 2.45) is 0 Å². The van der Waals surface area contributed by atoms with Gasteiger partial charge in [-0.2, -0.15) is 18.4 Å². The Labute approximate surface area is 175 Å². The molecule has 0 fully saturated rings. The van der Waals surface area contributed by atoms with E-state index in [9.17, 15) is 26.4 Å². The minimum Gasteiger partial charge on any atom is -0.483 e. The first-order valence-electron chi connectivity index (χ1n) is 8.12. The van der Waals surface area contributed by atoms with Gasteiger partial charge in [-0.3, -0.25) is 4.79 Å². The zero-order chi connectivity index (χ0) is 22.7. The van der Waals surface area contributed by atoms with Crippen molar-refractivity contribution >= 4 is 33.2 Å². The summed E-state index contributed by atoms with van der Waals surface area (Å²) in [7, 11) is -1.28. The second kappa shape index (κ2) is 8.91. The molecule has 0 heterocycles. The van der Waals surface area contributed by atoms with E-state index in [1.165, 1.54) is 32.3 Å². The number of nitrogens with one attached hydrogen (secondary N) is 1. The molecule has 0 aromatic heterocycles. The number of amides is 1. The highest BCUT2D eigenvalue weighted by Crippen LogP contribution is 2.27. The predicted molar refractivity (Wildman–Crippen MR) is 103 cm³/mol. The van der Waals surface area contributed by atoms with E-state index in [1.54, 1.807) is 6.07 Å². The van der Waals surface area contributed by atoms with Crippen LogP contribution in [0.4, 0.5) is 18.9 Å². The maximum Gasteiger partial charge on any atom is 0.422 e. The zero-order valence-corrected chi connectivity index (χ0v) is 17.2. The Kier molecular flexibility index (Phi) is 6.97. The van der Waals surface area contributed by atoms with Crippen LogP contribution in [0.25, 0.3) is 0 Å². The summed E-state index contributed by atoms with van der Waals surface area (Å²) in [5.74, 6) is -1.01. The van der Waals surface area contributed by atoms with E-state index in [0.29, 0.717) is 0 Å². The maximum atomic E-state index is 12.5. The van der Waals surface area contributed by atoms with Crippen LogP contribution in [-0.4, -0.2) is 45.5 Å². The van der Waals surface area contributed by atoms with E-state index in [4.69, 9.17) is 16.9 Å². The molecule has 0 radical (unpaired) electrons. The Hall–Kier alpha value is -2.81. The number of anilines is 1. The van der Waals surface area contributed by atoms with Crippen LogP contribution in [0.2, 0.25) is 5.02 Å². The highest BCUT2D eigenvalue weighted by atomic mass is 35.5. The van der Waals surface area contributed by atoms with Gasteiger partial charge in [-0.05, 0) is 36.4 Å². The summed E-state index contributed by atoms with van der Waals surface area (Å²) in [6.07, 6.45) is -4.57. The van der Waals surface area contributed by atoms with Crippen molar-refractivity contribution in [3.8, 4) is 11.8 Å². The first kappa shape index (κ1) is 23.5. The summed E-state index contributed by atoms with van der Waals surface area (Å²) < 4.78 is 67.0. The summed E-state index contributed by atoms with van der Waals surface area (Å²) in [4.78, 5) is 12.2. The molecular formula is C18H15ClF3N3O4S. The van der Waals surface area contributed by atoms with Crippen molar-refractivity contribution < 1.29 is 31.1 Å². The van der Waals surface area contributed by atoms with Crippen molar-refractivity contribution in [2.45, 2.75) is 11.1 Å². The third-order valence-corrected chi connectivity index (χ3v) is 6.00. The number of halogens is 4. The largest absolute Gasteiger partial charge is 0.483 e. The van der Waals surface area contributed by atoms with Gasteiger partial charge in [-0.1, -0.05) is 11.6 Å². The molecule has 0 spiro atoms. The van der Waals surface area contributed by atoms with Gasteiger partial charge in [0.1, 0.15) is 16.7 Å². The van der Waals surface area contributed by atoms with Crippen LogP contribution in [0.15, 0.2) is 41.3 Å². The number of carbonyl (C=O) groups is 1. The molecule has 0 bridgehead atoms. The molecular weight excluding hydrogens is 447 g/mol. The number of alkyl halides is 3. The van der Waals surface area contributed by atoms with Crippen molar-refractivity contribution in [3.63, 3.8) is 0 Å². The van der Waals surface area contributed by atoms with Crippen LogP contribution < -0.4 is 10.1 Å². The average molecular weight is 462 g/mol. The number of hydrogen-bond acceptors (Lipinski definition) is 5. The van der Waals surface area contributed by atoms with Gasteiger partial charge in [0.25, 0.3) is 5.91 Å². The Morgan fingerprint density at radius 2 is 1.90 bits per heavy atom. The van der Waals surface area contributed by atoms with Gasteiger partial charge in [0, 0.05) is 25.3 Å².